The van der Waals surface area contributed by atoms with E-state index in [1.165, 1.54) is 18.2 Å². The van der Waals surface area contributed by atoms with E-state index in [9.17, 15) is 14.4 Å². The summed E-state index contributed by atoms with van der Waals surface area (Å²) in [7, 11) is 0. The Morgan fingerprint density at radius 2 is 1.68 bits per heavy atom. The van der Waals surface area contributed by atoms with Gasteiger partial charge in [0.1, 0.15) is 17.9 Å². The van der Waals surface area contributed by atoms with Crippen molar-refractivity contribution >= 4 is 84.7 Å². The van der Waals surface area contributed by atoms with Crippen LogP contribution in [0, 0.1) is 0 Å². The fraction of sp³-hybridized carbons (Fsp3) is 0.0417. The molecule has 0 aromatic heterocycles. The summed E-state index contributed by atoms with van der Waals surface area (Å²) in [6.45, 7) is 0.158. The van der Waals surface area contributed by atoms with Crippen molar-refractivity contribution in [2.45, 2.75) is 6.61 Å². The third-order valence-corrected chi connectivity index (χ3v) is 6.52. The highest BCUT2D eigenvalue weighted by molar-refractivity contribution is 9.11. The zero-order valence-electron chi connectivity index (χ0n) is 17.2. The van der Waals surface area contributed by atoms with Crippen molar-refractivity contribution in [3.8, 4) is 5.75 Å². The number of rotatable bonds is 5. The standard InChI is InChI=1S/C24H14Br2Cl2N2O4/c25-15-9-14(21(19(26)11-15)34-12-13-3-1-2-4-20(13)28)10-18-22(31)29-24(33)30(23(18)32)17-7-5-16(27)6-8-17/h1-11H,12H2,(H,29,31,33)/b18-10+. The van der Waals surface area contributed by atoms with E-state index in [1.807, 2.05) is 18.2 Å². The first kappa shape index (κ1) is 24.5. The molecule has 4 rings (SSSR count). The second kappa shape index (κ2) is 10.3. The number of amides is 4. The van der Waals surface area contributed by atoms with Crippen LogP contribution in [0.2, 0.25) is 10.0 Å². The minimum atomic E-state index is -0.847. The van der Waals surface area contributed by atoms with Crippen LogP contribution in [0.3, 0.4) is 0 Å². The quantitative estimate of drug-likeness (QED) is 0.251. The van der Waals surface area contributed by atoms with Crippen molar-refractivity contribution in [3.05, 3.63) is 96.4 Å². The first-order valence-corrected chi connectivity index (χ1v) is 12.1. The number of anilines is 1. The monoisotopic (exact) mass is 622 g/mol. The molecule has 34 heavy (non-hydrogen) atoms. The molecule has 10 heteroatoms. The number of halogens is 4. The summed E-state index contributed by atoms with van der Waals surface area (Å²) < 4.78 is 7.29. The van der Waals surface area contributed by atoms with Gasteiger partial charge in [-0.05, 0) is 64.5 Å². The van der Waals surface area contributed by atoms with Crippen molar-refractivity contribution in [3.63, 3.8) is 0 Å². The van der Waals surface area contributed by atoms with E-state index in [0.717, 1.165) is 10.5 Å². The molecule has 1 heterocycles. The Morgan fingerprint density at radius 1 is 0.971 bits per heavy atom. The molecule has 4 amide bonds. The van der Waals surface area contributed by atoms with Crippen LogP contribution in [0.5, 0.6) is 5.75 Å². The summed E-state index contributed by atoms with van der Waals surface area (Å²) in [6, 6.07) is 16.0. The molecular formula is C24H14Br2Cl2N2O4. The number of nitrogens with zero attached hydrogens (tertiary/aromatic N) is 1. The van der Waals surface area contributed by atoms with Crippen LogP contribution >= 0.6 is 55.1 Å². The number of carbonyl (C=O) groups is 3. The van der Waals surface area contributed by atoms with Crippen molar-refractivity contribution < 1.29 is 19.1 Å². The van der Waals surface area contributed by atoms with Gasteiger partial charge in [-0.25, -0.2) is 9.69 Å². The van der Waals surface area contributed by atoms with Gasteiger partial charge in [0.2, 0.25) is 0 Å². The summed E-state index contributed by atoms with van der Waals surface area (Å²) in [4.78, 5) is 39.1. The van der Waals surface area contributed by atoms with Gasteiger partial charge in [0.15, 0.2) is 0 Å². The number of barbiturate groups is 1. The van der Waals surface area contributed by atoms with Gasteiger partial charge in [-0.2, -0.15) is 0 Å². The normalized spacial score (nSPS) is 15.0. The zero-order valence-corrected chi connectivity index (χ0v) is 21.8. The van der Waals surface area contributed by atoms with Gasteiger partial charge >= 0.3 is 6.03 Å². The number of urea groups is 1. The maximum Gasteiger partial charge on any atom is 0.335 e. The first-order chi connectivity index (χ1) is 16.2. The van der Waals surface area contributed by atoms with E-state index < -0.39 is 17.8 Å². The lowest BCUT2D eigenvalue weighted by molar-refractivity contribution is -0.122. The average Bonchev–Trinajstić information content (AvgIpc) is 2.78. The van der Waals surface area contributed by atoms with Gasteiger partial charge in [0.25, 0.3) is 11.8 Å². The van der Waals surface area contributed by atoms with Crippen molar-refractivity contribution in [1.82, 2.24) is 5.32 Å². The third-order valence-electron chi connectivity index (χ3n) is 4.85. The first-order valence-electron chi connectivity index (χ1n) is 9.77. The largest absolute Gasteiger partial charge is 0.487 e. The maximum atomic E-state index is 13.2. The molecule has 1 aliphatic heterocycles. The number of hydrogen-bond acceptors (Lipinski definition) is 4. The molecule has 3 aromatic carbocycles. The predicted octanol–water partition coefficient (Wildman–Crippen LogP) is 6.76. The van der Waals surface area contributed by atoms with Gasteiger partial charge in [-0.15, -0.1) is 0 Å². The van der Waals surface area contributed by atoms with Crippen LogP contribution < -0.4 is 15.0 Å². The summed E-state index contributed by atoms with van der Waals surface area (Å²) >= 11 is 19.0. The number of ether oxygens (including phenoxy) is 1. The van der Waals surface area contributed by atoms with E-state index in [0.29, 0.717) is 30.3 Å². The molecule has 172 valence electrons. The molecule has 0 spiro atoms. The Labute approximate surface area is 221 Å². The molecule has 0 radical (unpaired) electrons. The van der Waals surface area contributed by atoms with Crippen molar-refractivity contribution in [2.24, 2.45) is 0 Å². The van der Waals surface area contributed by atoms with E-state index >= 15 is 0 Å². The summed E-state index contributed by atoms with van der Waals surface area (Å²) in [6.07, 6.45) is 1.38. The summed E-state index contributed by atoms with van der Waals surface area (Å²) in [5.41, 5.74) is 1.25. The SMILES string of the molecule is O=C1NC(=O)N(c2ccc(Cl)cc2)C(=O)/C1=C/c1cc(Br)cc(Br)c1OCc1ccccc1Cl. The van der Waals surface area contributed by atoms with E-state index in [1.54, 1.807) is 30.3 Å². The number of imide groups is 2. The number of hydrogen-bond donors (Lipinski definition) is 1. The Kier molecular flexibility index (Phi) is 7.42. The number of nitrogens with one attached hydrogen (secondary N) is 1. The van der Waals surface area contributed by atoms with E-state index in [2.05, 4.69) is 37.2 Å². The molecule has 1 fully saturated rings. The average molecular weight is 625 g/mol. The van der Waals surface area contributed by atoms with Gasteiger partial charge in [-0.3, -0.25) is 14.9 Å². The Hall–Kier alpha value is -2.65. The highest BCUT2D eigenvalue weighted by Gasteiger charge is 2.37. The topological polar surface area (TPSA) is 75.7 Å². The predicted molar refractivity (Wildman–Crippen MR) is 138 cm³/mol. The molecule has 1 saturated heterocycles. The second-order valence-electron chi connectivity index (χ2n) is 7.12. The second-order valence-corrected chi connectivity index (χ2v) is 9.73. The van der Waals surface area contributed by atoms with Crippen molar-refractivity contribution in [1.29, 1.82) is 0 Å². The van der Waals surface area contributed by atoms with Gasteiger partial charge in [0.05, 0.1) is 10.2 Å². The molecule has 0 bridgehead atoms. The molecule has 0 aliphatic carbocycles. The Balaban J connectivity index is 1.72. The fourth-order valence-electron chi connectivity index (χ4n) is 3.24. The fourth-order valence-corrected chi connectivity index (χ4v) is 4.93. The van der Waals surface area contributed by atoms with Crippen LogP contribution in [0.1, 0.15) is 11.1 Å². The molecule has 3 aromatic rings. The van der Waals surface area contributed by atoms with E-state index in [4.69, 9.17) is 27.9 Å². The lowest BCUT2D eigenvalue weighted by Gasteiger charge is -2.26. The molecular weight excluding hydrogens is 611 g/mol. The van der Waals surface area contributed by atoms with Crippen LogP contribution in [0.25, 0.3) is 6.08 Å². The molecule has 6 nitrogen and oxygen atoms in total. The van der Waals surface area contributed by atoms with E-state index in [-0.39, 0.29) is 17.9 Å². The summed E-state index contributed by atoms with van der Waals surface area (Å²) in [5.74, 6) is -1.19. The van der Waals surface area contributed by atoms with Gasteiger partial charge in [-0.1, -0.05) is 57.3 Å². The van der Waals surface area contributed by atoms with Gasteiger partial charge < -0.3 is 4.74 Å². The molecule has 0 unspecified atom stereocenters. The molecule has 0 saturated carbocycles. The van der Waals surface area contributed by atoms with Crippen LogP contribution in [0.4, 0.5) is 10.5 Å². The highest BCUT2D eigenvalue weighted by atomic mass is 79.9. The molecule has 1 aliphatic rings. The van der Waals surface area contributed by atoms with Crippen LogP contribution in [0.15, 0.2) is 75.2 Å². The maximum absolute atomic E-state index is 13.2. The van der Waals surface area contributed by atoms with Crippen LogP contribution in [-0.2, 0) is 16.2 Å². The molecule has 1 N–H and O–H groups in total. The smallest absolute Gasteiger partial charge is 0.335 e. The number of carbonyl (C=O) groups excluding carboxylic acids is 3. The van der Waals surface area contributed by atoms with Crippen LogP contribution in [-0.4, -0.2) is 17.8 Å². The minimum absolute atomic E-state index is 0.158. The Morgan fingerprint density at radius 3 is 2.38 bits per heavy atom. The third kappa shape index (κ3) is 5.20. The Bertz CT molecular complexity index is 1340. The van der Waals surface area contributed by atoms with Crippen molar-refractivity contribution in [2.75, 3.05) is 4.90 Å². The number of benzene rings is 3. The minimum Gasteiger partial charge on any atom is -0.487 e. The molecule has 0 atom stereocenters. The zero-order chi connectivity index (χ0) is 24.4. The lowest BCUT2D eigenvalue weighted by Crippen LogP contribution is -2.54. The highest BCUT2D eigenvalue weighted by Crippen LogP contribution is 2.36. The van der Waals surface area contributed by atoms with Gasteiger partial charge in [0, 0.05) is 25.6 Å². The lowest BCUT2D eigenvalue weighted by atomic mass is 10.1. The summed E-state index contributed by atoms with van der Waals surface area (Å²) in [5, 5.41) is 3.20.